The number of phenols is 1. The zero-order valence-electron chi connectivity index (χ0n) is 15.2. The average molecular weight is 329 g/mol. The van der Waals surface area contributed by atoms with E-state index >= 15 is 0 Å². The van der Waals surface area contributed by atoms with Crippen LogP contribution in [-0.2, 0) is 12.0 Å². The summed E-state index contributed by atoms with van der Waals surface area (Å²) in [6, 6.07) is 6.94. The van der Waals surface area contributed by atoms with E-state index in [4.69, 9.17) is 4.42 Å². The third-order valence-corrected chi connectivity index (χ3v) is 4.29. The van der Waals surface area contributed by atoms with Gasteiger partial charge in [0.2, 0.25) is 5.78 Å². The van der Waals surface area contributed by atoms with E-state index in [2.05, 4.69) is 18.7 Å². The fraction of sp³-hybridized carbons (Fsp3) is 0.450. The molecule has 4 nitrogen and oxygen atoms in total. The second-order valence-corrected chi connectivity index (χ2v) is 7.05. The summed E-state index contributed by atoms with van der Waals surface area (Å²) < 4.78 is 5.25. The first kappa shape index (κ1) is 18.3. The number of furan rings is 1. The molecule has 0 aliphatic carbocycles. The lowest BCUT2D eigenvalue weighted by Crippen LogP contribution is -2.23. The normalized spacial score (nSPS) is 11.9. The van der Waals surface area contributed by atoms with Crippen LogP contribution in [0.25, 0.3) is 0 Å². The molecule has 0 saturated heterocycles. The smallest absolute Gasteiger partial charge is 0.228 e. The largest absolute Gasteiger partial charge is 0.507 e. The van der Waals surface area contributed by atoms with Crippen molar-refractivity contribution < 1.29 is 14.3 Å². The molecule has 0 unspecified atom stereocenters. The van der Waals surface area contributed by atoms with Crippen LogP contribution in [0.4, 0.5) is 0 Å². The van der Waals surface area contributed by atoms with Gasteiger partial charge in [-0.25, -0.2) is 0 Å². The molecule has 1 N–H and O–H groups in total. The van der Waals surface area contributed by atoms with Gasteiger partial charge in [-0.3, -0.25) is 9.69 Å². The Morgan fingerprint density at radius 1 is 1.21 bits per heavy atom. The first-order chi connectivity index (χ1) is 11.3. The van der Waals surface area contributed by atoms with E-state index in [-0.39, 0.29) is 16.9 Å². The summed E-state index contributed by atoms with van der Waals surface area (Å²) in [4.78, 5) is 14.9. The molecular formula is C20H27NO3. The molecule has 0 radical (unpaired) electrons. The van der Waals surface area contributed by atoms with Crippen LogP contribution in [0.2, 0.25) is 0 Å². The molecule has 0 bridgehead atoms. The van der Waals surface area contributed by atoms with Crippen molar-refractivity contribution in [1.82, 2.24) is 4.90 Å². The number of hydrogen-bond acceptors (Lipinski definition) is 4. The number of phenolic OH excluding ortho intramolecular Hbond substituents is 1. The van der Waals surface area contributed by atoms with E-state index in [1.54, 1.807) is 24.3 Å². The van der Waals surface area contributed by atoms with Crippen LogP contribution < -0.4 is 0 Å². The van der Waals surface area contributed by atoms with Gasteiger partial charge >= 0.3 is 0 Å². The summed E-state index contributed by atoms with van der Waals surface area (Å²) in [7, 11) is 0. The predicted octanol–water partition coefficient (Wildman–Crippen LogP) is 4.36. The SMILES string of the molecule is CCN(CC)Cc1cc(C(=O)c2ccco2)cc(C(C)(C)C)c1O. The van der Waals surface area contributed by atoms with Crippen molar-refractivity contribution in [2.24, 2.45) is 0 Å². The molecule has 24 heavy (non-hydrogen) atoms. The summed E-state index contributed by atoms with van der Waals surface area (Å²) in [6.45, 7) is 12.7. The minimum atomic E-state index is -0.262. The number of benzene rings is 1. The molecule has 1 aromatic carbocycles. The lowest BCUT2D eigenvalue weighted by atomic mass is 9.83. The Hall–Kier alpha value is -2.07. The van der Waals surface area contributed by atoms with Crippen LogP contribution in [0.15, 0.2) is 34.9 Å². The maximum Gasteiger partial charge on any atom is 0.228 e. The highest BCUT2D eigenvalue weighted by atomic mass is 16.3. The van der Waals surface area contributed by atoms with Crippen molar-refractivity contribution in [1.29, 1.82) is 0 Å². The maximum atomic E-state index is 12.7. The monoisotopic (exact) mass is 329 g/mol. The molecule has 0 aliphatic heterocycles. The number of nitrogens with zero attached hydrogens (tertiary/aromatic N) is 1. The van der Waals surface area contributed by atoms with Crippen molar-refractivity contribution in [3.63, 3.8) is 0 Å². The molecule has 0 saturated carbocycles. The first-order valence-corrected chi connectivity index (χ1v) is 8.44. The molecule has 130 valence electrons. The molecule has 0 fully saturated rings. The summed E-state index contributed by atoms with van der Waals surface area (Å²) in [6.07, 6.45) is 1.50. The molecule has 2 aromatic rings. The third-order valence-electron chi connectivity index (χ3n) is 4.29. The predicted molar refractivity (Wildman–Crippen MR) is 95.6 cm³/mol. The van der Waals surface area contributed by atoms with Gasteiger partial charge in [0.05, 0.1) is 6.26 Å². The van der Waals surface area contributed by atoms with Gasteiger partial charge in [-0.05, 0) is 42.8 Å². The topological polar surface area (TPSA) is 53.7 Å². The van der Waals surface area contributed by atoms with Gasteiger partial charge in [0, 0.05) is 23.2 Å². The van der Waals surface area contributed by atoms with Gasteiger partial charge in [0.1, 0.15) is 5.75 Å². The zero-order valence-corrected chi connectivity index (χ0v) is 15.2. The van der Waals surface area contributed by atoms with Crippen molar-refractivity contribution in [3.8, 4) is 5.75 Å². The number of aromatic hydroxyl groups is 1. The maximum absolute atomic E-state index is 12.7. The zero-order chi connectivity index (χ0) is 17.9. The van der Waals surface area contributed by atoms with Gasteiger partial charge in [0.15, 0.2) is 5.76 Å². The lowest BCUT2D eigenvalue weighted by Gasteiger charge is -2.25. The minimum Gasteiger partial charge on any atom is -0.507 e. The standard InChI is InChI=1S/C20H27NO3/c1-6-21(7-2)13-15-11-14(19(23)17-9-8-10-24-17)12-16(18(15)22)20(3,4)5/h8-12,22H,6-7,13H2,1-5H3. The molecule has 4 heteroatoms. The van der Waals surface area contributed by atoms with Gasteiger partial charge in [-0.2, -0.15) is 0 Å². The molecule has 2 rings (SSSR count). The van der Waals surface area contributed by atoms with Crippen LogP contribution in [0, 0.1) is 0 Å². The van der Waals surface area contributed by atoms with E-state index in [1.807, 2.05) is 20.8 Å². The Morgan fingerprint density at radius 3 is 2.38 bits per heavy atom. The van der Waals surface area contributed by atoms with Crippen molar-refractivity contribution in [3.05, 3.63) is 53.0 Å². The molecule has 0 amide bonds. The highest BCUT2D eigenvalue weighted by Gasteiger charge is 2.24. The van der Waals surface area contributed by atoms with Crippen LogP contribution in [0.3, 0.4) is 0 Å². The average Bonchev–Trinajstić information content (AvgIpc) is 3.06. The van der Waals surface area contributed by atoms with Crippen molar-refractivity contribution in [2.45, 2.75) is 46.6 Å². The quantitative estimate of drug-likeness (QED) is 0.800. The molecular weight excluding hydrogens is 302 g/mol. The summed E-state index contributed by atoms with van der Waals surface area (Å²) in [5.41, 5.74) is 1.85. The number of carbonyl (C=O) groups excluding carboxylic acids is 1. The fourth-order valence-electron chi connectivity index (χ4n) is 2.76. The van der Waals surface area contributed by atoms with Crippen LogP contribution in [-0.4, -0.2) is 28.9 Å². The van der Waals surface area contributed by atoms with E-state index in [9.17, 15) is 9.90 Å². The van der Waals surface area contributed by atoms with E-state index in [1.165, 1.54) is 6.26 Å². The van der Waals surface area contributed by atoms with Crippen molar-refractivity contribution in [2.75, 3.05) is 13.1 Å². The number of ketones is 1. The summed E-state index contributed by atoms with van der Waals surface area (Å²) in [5, 5.41) is 10.7. The lowest BCUT2D eigenvalue weighted by molar-refractivity contribution is 0.101. The Bertz CT molecular complexity index is 692. The van der Waals surface area contributed by atoms with Gasteiger partial charge < -0.3 is 9.52 Å². The second kappa shape index (κ2) is 7.22. The minimum absolute atomic E-state index is 0.161. The highest BCUT2D eigenvalue weighted by Crippen LogP contribution is 2.35. The summed E-state index contributed by atoms with van der Waals surface area (Å²) >= 11 is 0. The van der Waals surface area contributed by atoms with E-state index in [0.29, 0.717) is 17.9 Å². The number of hydrogen-bond donors (Lipinski definition) is 1. The van der Waals surface area contributed by atoms with Crippen LogP contribution in [0.5, 0.6) is 5.75 Å². The Morgan fingerprint density at radius 2 is 1.88 bits per heavy atom. The van der Waals surface area contributed by atoms with E-state index < -0.39 is 0 Å². The Balaban J connectivity index is 2.54. The molecule has 0 spiro atoms. The van der Waals surface area contributed by atoms with Crippen LogP contribution in [0.1, 0.15) is 61.9 Å². The number of carbonyl (C=O) groups is 1. The number of rotatable bonds is 6. The Labute approximate surface area is 144 Å². The first-order valence-electron chi connectivity index (χ1n) is 8.44. The fourth-order valence-corrected chi connectivity index (χ4v) is 2.76. The third kappa shape index (κ3) is 3.88. The van der Waals surface area contributed by atoms with Gasteiger partial charge in [0.25, 0.3) is 0 Å². The molecule has 0 atom stereocenters. The van der Waals surface area contributed by atoms with Crippen molar-refractivity contribution >= 4 is 5.78 Å². The molecule has 1 heterocycles. The highest BCUT2D eigenvalue weighted by molar-refractivity contribution is 6.07. The molecule has 1 aromatic heterocycles. The summed E-state index contributed by atoms with van der Waals surface area (Å²) in [5.74, 6) is 0.436. The Kier molecular flexibility index (Phi) is 5.50. The second-order valence-electron chi connectivity index (χ2n) is 7.05. The van der Waals surface area contributed by atoms with Gasteiger partial charge in [-0.1, -0.05) is 34.6 Å². The van der Waals surface area contributed by atoms with Crippen LogP contribution >= 0.6 is 0 Å². The van der Waals surface area contributed by atoms with Gasteiger partial charge in [-0.15, -0.1) is 0 Å². The van der Waals surface area contributed by atoms with E-state index in [0.717, 1.165) is 24.2 Å². The molecule has 0 aliphatic rings.